The van der Waals surface area contributed by atoms with Crippen molar-refractivity contribution >= 4 is 29.3 Å². The van der Waals surface area contributed by atoms with Gasteiger partial charge in [0, 0.05) is 43.0 Å². The van der Waals surface area contributed by atoms with Gasteiger partial charge < -0.3 is 10.0 Å². The van der Waals surface area contributed by atoms with Crippen LogP contribution in [0.3, 0.4) is 0 Å². The molecule has 1 aliphatic heterocycles. The topological polar surface area (TPSA) is 43.8 Å². The van der Waals surface area contributed by atoms with Crippen molar-refractivity contribution in [3.05, 3.63) is 34.9 Å². The van der Waals surface area contributed by atoms with Gasteiger partial charge in [-0.2, -0.15) is 0 Å². The molecule has 1 aliphatic rings. The number of hydrogen-bond donors (Lipinski definition) is 1. The number of carbonyl (C=O) groups is 1. The highest BCUT2D eigenvalue weighted by molar-refractivity contribution is 6.31. The molecule has 114 valence electrons. The summed E-state index contributed by atoms with van der Waals surface area (Å²) in [5.41, 5.74) is 1.90. The first-order valence-electron chi connectivity index (χ1n) is 7.28. The second kappa shape index (κ2) is 7.48. The van der Waals surface area contributed by atoms with E-state index >= 15 is 0 Å². The second-order valence-corrected chi connectivity index (χ2v) is 5.64. The molecule has 0 bridgehead atoms. The number of hydrogen-bond acceptors (Lipinski definition) is 3. The number of nitrogens with zero attached hydrogens (tertiary/aromatic N) is 2. The molecule has 0 unspecified atom stereocenters. The lowest BCUT2D eigenvalue weighted by Gasteiger charge is -2.36. The first-order chi connectivity index (χ1) is 10.1. The fraction of sp³-hybridized carbons (Fsp3) is 0.438. The predicted octanol–water partition coefficient (Wildman–Crippen LogP) is 2.97. The van der Waals surface area contributed by atoms with Crippen LogP contribution >= 0.6 is 11.6 Å². The summed E-state index contributed by atoms with van der Waals surface area (Å²) in [5.74, 6) is -0.941. The largest absolute Gasteiger partial charge is 0.478 e. The van der Waals surface area contributed by atoms with Crippen LogP contribution in [0.4, 0.5) is 5.69 Å². The van der Waals surface area contributed by atoms with Crippen LogP contribution in [0.1, 0.15) is 18.9 Å². The van der Waals surface area contributed by atoms with Crippen LogP contribution in [0, 0.1) is 0 Å². The van der Waals surface area contributed by atoms with E-state index in [1.807, 2.05) is 12.1 Å². The van der Waals surface area contributed by atoms with Crippen molar-refractivity contribution in [2.45, 2.75) is 13.3 Å². The Kier molecular flexibility index (Phi) is 5.65. The molecule has 0 aliphatic carbocycles. The molecular formula is C16H21ClN2O2. The van der Waals surface area contributed by atoms with E-state index in [1.54, 1.807) is 12.1 Å². The number of piperazine rings is 1. The smallest absolute Gasteiger partial charge is 0.328 e. The summed E-state index contributed by atoms with van der Waals surface area (Å²) in [4.78, 5) is 15.4. The number of aliphatic carboxylic acids is 1. The Bertz CT molecular complexity index is 523. The van der Waals surface area contributed by atoms with Crippen LogP contribution in [-0.4, -0.2) is 48.7 Å². The van der Waals surface area contributed by atoms with Gasteiger partial charge in [-0.3, -0.25) is 4.90 Å². The van der Waals surface area contributed by atoms with Crippen LogP contribution in [-0.2, 0) is 4.79 Å². The fourth-order valence-electron chi connectivity index (χ4n) is 2.62. The van der Waals surface area contributed by atoms with E-state index in [0.717, 1.165) is 44.0 Å². The Hall–Kier alpha value is -1.52. The van der Waals surface area contributed by atoms with E-state index in [1.165, 1.54) is 12.5 Å². The second-order valence-electron chi connectivity index (χ2n) is 5.20. The zero-order chi connectivity index (χ0) is 15.2. The summed E-state index contributed by atoms with van der Waals surface area (Å²) in [7, 11) is 0. The third-order valence-electron chi connectivity index (χ3n) is 3.65. The molecule has 2 rings (SSSR count). The standard InChI is InChI=1S/C16H21ClN2O2/c1-2-7-18-8-10-19(11-9-18)15-12-14(17)5-3-13(15)4-6-16(20)21/h3-6,12H,2,7-11H2,1H3,(H,20,21)/b6-4+. The zero-order valence-corrected chi connectivity index (χ0v) is 13.0. The van der Waals surface area contributed by atoms with Gasteiger partial charge in [0.15, 0.2) is 0 Å². The molecule has 1 fully saturated rings. The van der Waals surface area contributed by atoms with Gasteiger partial charge in [-0.15, -0.1) is 0 Å². The Morgan fingerprint density at radius 2 is 2.05 bits per heavy atom. The number of rotatable bonds is 5. The van der Waals surface area contributed by atoms with Crippen molar-refractivity contribution in [3.63, 3.8) is 0 Å². The normalized spacial score (nSPS) is 16.6. The Labute approximate surface area is 130 Å². The minimum absolute atomic E-state index is 0.675. The molecule has 0 atom stereocenters. The highest BCUT2D eigenvalue weighted by atomic mass is 35.5. The maximum Gasteiger partial charge on any atom is 0.328 e. The van der Waals surface area contributed by atoms with E-state index in [9.17, 15) is 4.79 Å². The van der Waals surface area contributed by atoms with Crippen molar-refractivity contribution < 1.29 is 9.90 Å². The highest BCUT2D eigenvalue weighted by Crippen LogP contribution is 2.27. The number of anilines is 1. The van der Waals surface area contributed by atoms with Crippen LogP contribution in [0.15, 0.2) is 24.3 Å². The molecule has 0 amide bonds. The molecule has 0 saturated carbocycles. The number of carboxylic acid groups (broad SMARTS) is 1. The molecule has 0 aromatic heterocycles. The van der Waals surface area contributed by atoms with E-state index in [-0.39, 0.29) is 0 Å². The van der Waals surface area contributed by atoms with Crippen LogP contribution < -0.4 is 4.90 Å². The monoisotopic (exact) mass is 308 g/mol. The van der Waals surface area contributed by atoms with Crippen LogP contribution in [0.2, 0.25) is 5.02 Å². The van der Waals surface area contributed by atoms with Crippen molar-refractivity contribution in [2.24, 2.45) is 0 Å². The first-order valence-corrected chi connectivity index (χ1v) is 7.66. The summed E-state index contributed by atoms with van der Waals surface area (Å²) >= 11 is 6.10. The molecule has 1 aromatic carbocycles. The van der Waals surface area contributed by atoms with Crippen molar-refractivity contribution in [1.29, 1.82) is 0 Å². The van der Waals surface area contributed by atoms with Crippen molar-refractivity contribution in [2.75, 3.05) is 37.6 Å². The number of halogens is 1. The van der Waals surface area contributed by atoms with Gasteiger partial charge in [-0.05, 0) is 36.7 Å². The average Bonchev–Trinajstić information content (AvgIpc) is 2.47. The highest BCUT2D eigenvalue weighted by Gasteiger charge is 2.18. The maximum atomic E-state index is 10.7. The molecule has 5 heteroatoms. The Balaban J connectivity index is 2.15. The van der Waals surface area contributed by atoms with Gasteiger partial charge in [0.25, 0.3) is 0 Å². The van der Waals surface area contributed by atoms with Gasteiger partial charge in [-0.25, -0.2) is 4.79 Å². The molecule has 1 N–H and O–H groups in total. The lowest BCUT2D eigenvalue weighted by Crippen LogP contribution is -2.46. The summed E-state index contributed by atoms with van der Waals surface area (Å²) in [6.07, 6.45) is 3.97. The first kappa shape index (κ1) is 15.9. The van der Waals surface area contributed by atoms with Gasteiger partial charge in [0.2, 0.25) is 0 Å². The van der Waals surface area contributed by atoms with Gasteiger partial charge in [0.05, 0.1) is 0 Å². The minimum Gasteiger partial charge on any atom is -0.478 e. The van der Waals surface area contributed by atoms with Crippen LogP contribution in [0.25, 0.3) is 6.08 Å². The van der Waals surface area contributed by atoms with E-state index < -0.39 is 5.97 Å². The van der Waals surface area contributed by atoms with Gasteiger partial charge >= 0.3 is 5.97 Å². The summed E-state index contributed by atoms with van der Waals surface area (Å²) in [6, 6.07) is 5.58. The predicted molar refractivity (Wildman–Crippen MR) is 87.1 cm³/mol. The molecule has 0 spiro atoms. The average molecular weight is 309 g/mol. The molecule has 0 radical (unpaired) electrons. The SMILES string of the molecule is CCCN1CCN(c2cc(Cl)ccc2/C=C/C(=O)O)CC1. The van der Waals surface area contributed by atoms with E-state index in [2.05, 4.69) is 16.7 Å². The minimum atomic E-state index is -0.941. The quantitative estimate of drug-likeness (QED) is 0.849. The van der Waals surface area contributed by atoms with Crippen LogP contribution in [0.5, 0.6) is 0 Å². The van der Waals surface area contributed by atoms with Crippen molar-refractivity contribution in [3.8, 4) is 0 Å². The third kappa shape index (κ3) is 4.48. The maximum absolute atomic E-state index is 10.7. The molecule has 1 heterocycles. The lowest BCUT2D eigenvalue weighted by atomic mass is 10.1. The Morgan fingerprint density at radius 1 is 1.33 bits per heavy atom. The Morgan fingerprint density at radius 3 is 2.67 bits per heavy atom. The third-order valence-corrected chi connectivity index (χ3v) is 3.89. The van der Waals surface area contributed by atoms with E-state index in [4.69, 9.17) is 16.7 Å². The summed E-state index contributed by atoms with van der Waals surface area (Å²) in [6.45, 7) is 7.26. The van der Waals surface area contributed by atoms with Crippen molar-refractivity contribution in [1.82, 2.24) is 4.90 Å². The fourth-order valence-corrected chi connectivity index (χ4v) is 2.79. The summed E-state index contributed by atoms with van der Waals surface area (Å²) < 4.78 is 0. The molecule has 21 heavy (non-hydrogen) atoms. The molecule has 1 aromatic rings. The lowest BCUT2D eigenvalue weighted by molar-refractivity contribution is -0.131. The number of carboxylic acids is 1. The summed E-state index contributed by atoms with van der Waals surface area (Å²) in [5, 5.41) is 9.47. The van der Waals surface area contributed by atoms with E-state index in [0.29, 0.717) is 5.02 Å². The number of benzene rings is 1. The van der Waals surface area contributed by atoms with Gasteiger partial charge in [0.1, 0.15) is 0 Å². The van der Waals surface area contributed by atoms with Gasteiger partial charge in [-0.1, -0.05) is 24.6 Å². The molecule has 1 saturated heterocycles. The molecule has 4 nitrogen and oxygen atoms in total. The zero-order valence-electron chi connectivity index (χ0n) is 12.3. The molecular weight excluding hydrogens is 288 g/mol.